The third kappa shape index (κ3) is 36.4. The van der Waals surface area contributed by atoms with Crippen LogP contribution in [0.5, 0.6) is 0 Å². The van der Waals surface area contributed by atoms with Crippen LogP contribution in [-0.2, 0) is 0 Å². The van der Waals surface area contributed by atoms with Gasteiger partial charge in [-0.15, -0.1) is 0 Å². The topological polar surface area (TPSA) is 76.1 Å². The summed E-state index contributed by atoms with van der Waals surface area (Å²) in [6.45, 7) is 10.5. The SMILES string of the molecule is C.C.C.C.CCN.CCNCCN.CCNc1ccccc1.[HH].[HH]. The molecule has 0 heterocycles. The molecule has 1 aromatic rings. The second kappa shape index (κ2) is 36.8. The zero-order chi connectivity index (χ0) is 14.1. The maximum atomic E-state index is 5.15. The number of para-hydroxylation sites is 1. The van der Waals surface area contributed by atoms with Crippen molar-refractivity contribution in [3.8, 4) is 0 Å². The molecule has 0 saturated carbocycles. The Balaban J connectivity index is -0.0000000259. The highest BCUT2D eigenvalue weighted by molar-refractivity contribution is 5.41. The van der Waals surface area contributed by atoms with Crippen molar-refractivity contribution in [3.63, 3.8) is 0 Å². The Labute approximate surface area is 145 Å². The number of rotatable bonds is 5. The van der Waals surface area contributed by atoms with Gasteiger partial charge in [0.1, 0.15) is 0 Å². The fourth-order valence-corrected chi connectivity index (χ4v) is 1.04. The summed E-state index contributed by atoms with van der Waals surface area (Å²) in [5, 5.41) is 6.28. The molecule has 0 aromatic heterocycles. The van der Waals surface area contributed by atoms with Gasteiger partial charge in [0.25, 0.3) is 0 Å². The Hall–Kier alpha value is -1.10. The molecule has 0 amide bonds. The predicted octanol–water partition coefficient (Wildman–Crippen LogP) is 4.67. The molecule has 0 radical (unpaired) electrons. The minimum Gasteiger partial charge on any atom is -0.385 e. The molecule has 0 fully saturated rings. The van der Waals surface area contributed by atoms with Crippen LogP contribution in [0.4, 0.5) is 5.69 Å². The van der Waals surface area contributed by atoms with Gasteiger partial charge in [-0.3, -0.25) is 0 Å². The zero-order valence-electron chi connectivity index (χ0n) is 12.1. The van der Waals surface area contributed by atoms with Crippen molar-refractivity contribution >= 4 is 5.69 Å². The van der Waals surface area contributed by atoms with Gasteiger partial charge in [-0.1, -0.05) is 61.8 Å². The van der Waals surface area contributed by atoms with Gasteiger partial charge in [0.2, 0.25) is 0 Å². The van der Waals surface area contributed by atoms with Crippen molar-refractivity contribution < 1.29 is 2.85 Å². The van der Waals surface area contributed by atoms with Crippen molar-refractivity contribution in [3.05, 3.63) is 30.3 Å². The molecule has 22 heavy (non-hydrogen) atoms. The van der Waals surface area contributed by atoms with Crippen molar-refractivity contribution in [2.75, 3.05) is 38.0 Å². The Bertz CT molecular complexity index is 234. The van der Waals surface area contributed by atoms with E-state index in [2.05, 4.69) is 36.6 Å². The Morgan fingerprint density at radius 3 is 1.59 bits per heavy atom. The average Bonchev–Trinajstić information content (AvgIpc) is 2.40. The molecule has 4 heteroatoms. The first-order valence-corrected chi connectivity index (χ1v) is 6.66. The van der Waals surface area contributed by atoms with Crippen molar-refractivity contribution in [1.82, 2.24) is 5.32 Å². The predicted molar refractivity (Wildman–Crippen MR) is 114 cm³/mol. The molecule has 0 atom stereocenters. The Morgan fingerprint density at radius 2 is 1.32 bits per heavy atom. The summed E-state index contributed by atoms with van der Waals surface area (Å²) < 4.78 is 0. The number of anilines is 1. The lowest BCUT2D eigenvalue weighted by atomic mass is 10.3. The molecule has 0 aliphatic rings. The lowest BCUT2D eigenvalue weighted by Crippen LogP contribution is -2.21. The smallest absolute Gasteiger partial charge is 0.0340 e. The van der Waals surface area contributed by atoms with E-state index in [0.29, 0.717) is 0 Å². The monoisotopic (exact) mass is 322 g/mol. The van der Waals surface area contributed by atoms with E-state index in [9.17, 15) is 0 Å². The fraction of sp³-hybridized carbons (Fsp3) is 0.667. The van der Waals surface area contributed by atoms with Crippen molar-refractivity contribution in [2.24, 2.45) is 11.5 Å². The summed E-state index contributed by atoms with van der Waals surface area (Å²) in [6, 6.07) is 10.2. The van der Waals surface area contributed by atoms with E-state index in [1.807, 2.05) is 25.1 Å². The third-order valence-electron chi connectivity index (χ3n) is 1.73. The molecular formula is C18H50N4. The summed E-state index contributed by atoms with van der Waals surface area (Å²) in [7, 11) is 0. The van der Waals surface area contributed by atoms with Crippen LogP contribution in [0.1, 0.15) is 53.3 Å². The van der Waals surface area contributed by atoms with Crippen LogP contribution in [0.3, 0.4) is 0 Å². The van der Waals surface area contributed by atoms with E-state index in [1.165, 1.54) is 5.69 Å². The zero-order valence-corrected chi connectivity index (χ0v) is 12.1. The van der Waals surface area contributed by atoms with Crippen LogP contribution in [0, 0.1) is 0 Å². The molecule has 4 nitrogen and oxygen atoms in total. The van der Waals surface area contributed by atoms with Crippen LogP contribution in [-0.4, -0.2) is 32.7 Å². The highest BCUT2D eigenvalue weighted by atomic mass is 14.9. The van der Waals surface area contributed by atoms with E-state index in [1.54, 1.807) is 0 Å². The summed E-state index contributed by atoms with van der Waals surface area (Å²) >= 11 is 0. The maximum absolute atomic E-state index is 5.15. The van der Waals surface area contributed by atoms with Gasteiger partial charge in [-0.2, -0.15) is 0 Å². The maximum Gasteiger partial charge on any atom is 0.0340 e. The van der Waals surface area contributed by atoms with E-state index < -0.39 is 0 Å². The summed E-state index contributed by atoms with van der Waals surface area (Å²) in [5.74, 6) is 0. The molecule has 0 aliphatic carbocycles. The van der Waals surface area contributed by atoms with Crippen LogP contribution in [0.25, 0.3) is 0 Å². The lowest BCUT2D eigenvalue weighted by Gasteiger charge is -1.99. The minimum absolute atomic E-state index is 0. The van der Waals surface area contributed by atoms with Gasteiger partial charge in [-0.25, -0.2) is 0 Å². The van der Waals surface area contributed by atoms with Gasteiger partial charge in [-0.05, 0) is 32.1 Å². The van der Waals surface area contributed by atoms with Crippen molar-refractivity contribution in [1.29, 1.82) is 0 Å². The van der Waals surface area contributed by atoms with Gasteiger partial charge < -0.3 is 22.1 Å². The first kappa shape index (κ1) is 37.3. The standard InChI is InChI=1S/C8H11N.C4H12N2.C2H7N.4CH4.2H2/c1-2-9-8-6-4-3-5-7-8;1-2-6-4-3-5;1-2-3;;;;;;/h3-7,9H,2H2,1H3;6H,2-5H2,1H3;2-3H2,1H3;4*1H4;2*1H. The molecule has 142 valence electrons. The Kier molecular flexibility index (Phi) is 62.3. The highest BCUT2D eigenvalue weighted by Gasteiger charge is 1.81. The van der Waals surface area contributed by atoms with Crippen molar-refractivity contribution in [2.45, 2.75) is 50.5 Å². The normalized spacial score (nSPS) is 6.95. The molecule has 0 saturated heterocycles. The third-order valence-corrected chi connectivity index (χ3v) is 1.73. The van der Waals surface area contributed by atoms with E-state index in [4.69, 9.17) is 11.5 Å². The first-order chi connectivity index (χ1) is 8.76. The highest BCUT2D eigenvalue weighted by Crippen LogP contribution is 2.02. The number of nitrogens with one attached hydrogen (secondary N) is 2. The summed E-state index contributed by atoms with van der Waals surface area (Å²) in [4.78, 5) is 0. The second-order valence-electron chi connectivity index (χ2n) is 3.45. The molecule has 0 aliphatic heterocycles. The summed E-state index contributed by atoms with van der Waals surface area (Å²) in [6.07, 6.45) is 0. The molecule has 0 bridgehead atoms. The van der Waals surface area contributed by atoms with Gasteiger partial charge >= 0.3 is 0 Å². The van der Waals surface area contributed by atoms with Crippen LogP contribution >= 0.6 is 0 Å². The first-order valence-electron chi connectivity index (χ1n) is 6.66. The largest absolute Gasteiger partial charge is 0.385 e. The van der Waals surface area contributed by atoms with Gasteiger partial charge in [0.15, 0.2) is 0 Å². The number of hydrogen-bond acceptors (Lipinski definition) is 4. The lowest BCUT2D eigenvalue weighted by molar-refractivity contribution is 0.725. The molecule has 0 unspecified atom stereocenters. The van der Waals surface area contributed by atoms with Crippen LogP contribution in [0.2, 0.25) is 0 Å². The summed E-state index contributed by atoms with van der Waals surface area (Å²) in [5.41, 5.74) is 11.2. The molecule has 1 aromatic carbocycles. The quantitative estimate of drug-likeness (QED) is 0.594. The number of hydrogen-bond donors (Lipinski definition) is 4. The van der Waals surface area contributed by atoms with Crippen LogP contribution in [0.15, 0.2) is 30.3 Å². The number of nitrogens with two attached hydrogens (primary N) is 2. The fourth-order valence-electron chi connectivity index (χ4n) is 1.04. The molecule has 0 spiro atoms. The number of likely N-dealkylation sites (N-methyl/N-ethyl adjacent to an activating group) is 1. The van der Waals surface area contributed by atoms with E-state index in [-0.39, 0.29) is 32.6 Å². The molecule has 1 rings (SSSR count). The van der Waals surface area contributed by atoms with Crippen LogP contribution < -0.4 is 22.1 Å². The molecular weight excluding hydrogens is 272 g/mol. The number of benzene rings is 1. The second-order valence-corrected chi connectivity index (χ2v) is 3.45. The average molecular weight is 323 g/mol. The van der Waals surface area contributed by atoms with Gasteiger partial charge in [0, 0.05) is 28.2 Å². The van der Waals surface area contributed by atoms with Gasteiger partial charge in [0.05, 0.1) is 0 Å². The van der Waals surface area contributed by atoms with E-state index in [0.717, 1.165) is 32.7 Å². The Morgan fingerprint density at radius 1 is 0.864 bits per heavy atom. The van der Waals surface area contributed by atoms with E-state index >= 15 is 0 Å². The minimum atomic E-state index is 0. The molecule has 6 N–H and O–H groups in total.